The highest BCUT2D eigenvalue weighted by Crippen LogP contribution is 2.55. The molecule has 0 radical (unpaired) electrons. The van der Waals surface area contributed by atoms with Gasteiger partial charge in [-0.05, 0) is 11.5 Å². The molecule has 1 fully saturated rings. The molecule has 0 saturated carbocycles. The maximum absolute atomic E-state index is 13.4. The molecule has 1 aromatic heterocycles. The summed E-state index contributed by atoms with van der Waals surface area (Å²) in [5.41, 5.74) is 5.22. The Labute approximate surface area is 139 Å². The van der Waals surface area contributed by atoms with Crippen LogP contribution in [0.25, 0.3) is 22.0 Å². The molecule has 0 amide bonds. The highest BCUT2D eigenvalue weighted by molar-refractivity contribution is 5.96. The van der Waals surface area contributed by atoms with E-state index in [0.717, 1.165) is 29.6 Å². The molecular weight excluding hydrogens is 300 g/mol. The van der Waals surface area contributed by atoms with E-state index in [9.17, 15) is 4.79 Å². The molecule has 6 rings (SSSR count). The van der Waals surface area contributed by atoms with E-state index in [1.165, 1.54) is 16.7 Å². The first-order valence-electron chi connectivity index (χ1n) is 8.55. The van der Waals surface area contributed by atoms with E-state index < -0.39 is 0 Å². The van der Waals surface area contributed by atoms with Gasteiger partial charge in [0.15, 0.2) is 6.04 Å². The number of hydrogen-bond acceptors (Lipinski definition) is 2. The van der Waals surface area contributed by atoms with E-state index in [0.29, 0.717) is 17.8 Å². The predicted molar refractivity (Wildman–Crippen MR) is 93.6 cm³/mol. The van der Waals surface area contributed by atoms with Gasteiger partial charge in [0.05, 0.1) is 24.2 Å². The Bertz CT molecular complexity index is 1080. The van der Waals surface area contributed by atoms with Crippen LogP contribution in [0.5, 0.6) is 0 Å². The Morgan fingerprint density at radius 3 is 2.50 bits per heavy atom. The number of nitrogens with zero attached hydrogens (tertiary/aromatic N) is 2. The Morgan fingerprint density at radius 1 is 0.958 bits per heavy atom. The zero-order valence-electron chi connectivity index (χ0n) is 13.2. The maximum Gasteiger partial charge on any atom is 0.304 e. The smallest absolute Gasteiger partial charge is 0.304 e. The highest BCUT2D eigenvalue weighted by atomic mass is 16.5. The molecule has 24 heavy (non-hydrogen) atoms. The summed E-state index contributed by atoms with van der Waals surface area (Å²) >= 11 is 0. The van der Waals surface area contributed by atoms with Gasteiger partial charge in [0.1, 0.15) is 18.8 Å². The summed E-state index contributed by atoms with van der Waals surface area (Å²) in [5.74, 6) is 0. The lowest BCUT2D eigenvalue weighted by Gasteiger charge is -2.43. The average Bonchev–Trinajstić information content (AvgIpc) is 3.09. The Hall–Kier alpha value is -2.43. The number of quaternary nitrogens is 1. The quantitative estimate of drug-likeness (QED) is 0.597. The van der Waals surface area contributed by atoms with Crippen LogP contribution in [0.15, 0.2) is 53.3 Å². The molecule has 4 nitrogen and oxygen atoms in total. The van der Waals surface area contributed by atoms with Crippen molar-refractivity contribution in [3.05, 3.63) is 70.0 Å². The minimum Gasteiger partial charge on any atom is -0.370 e. The van der Waals surface area contributed by atoms with Crippen LogP contribution in [0.4, 0.5) is 0 Å². The molecule has 3 aromatic rings. The molecular formula is C20H17N2O2+. The number of ether oxygens (including phenoxy) is 1. The third-order valence-electron chi connectivity index (χ3n) is 6.02. The molecule has 3 heterocycles. The van der Waals surface area contributed by atoms with Gasteiger partial charge in [-0.1, -0.05) is 42.5 Å². The van der Waals surface area contributed by atoms with Crippen molar-refractivity contribution in [2.75, 3.05) is 26.3 Å². The summed E-state index contributed by atoms with van der Waals surface area (Å²) in [6.07, 6.45) is 0. The second-order valence-electron chi connectivity index (χ2n) is 6.96. The van der Waals surface area contributed by atoms with Gasteiger partial charge in [-0.25, -0.2) is 0 Å². The summed E-state index contributed by atoms with van der Waals surface area (Å²) in [5, 5.41) is 1.96. The fourth-order valence-corrected chi connectivity index (χ4v) is 5.12. The zero-order chi connectivity index (χ0) is 15.9. The molecule has 2 aliphatic heterocycles. The molecule has 118 valence electrons. The van der Waals surface area contributed by atoms with Crippen LogP contribution in [0, 0.1) is 0 Å². The molecule has 3 aliphatic rings. The molecule has 1 aliphatic carbocycles. The minimum absolute atomic E-state index is 0.142. The highest BCUT2D eigenvalue weighted by Gasteiger charge is 2.57. The third-order valence-corrected chi connectivity index (χ3v) is 6.02. The van der Waals surface area contributed by atoms with Crippen molar-refractivity contribution >= 4 is 10.8 Å². The van der Waals surface area contributed by atoms with Crippen LogP contribution in [-0.4, -0.2) is 31.0 Å². The van der Waals surface area contributed by atoms with Gasteiger partial charge in [-0.3, -0.25) is 4.79 Å². The van der Waals surface area contributed by atoms with Gasteiger partial charge in [0, 0.05) is 11.1 Å². The van der Waals surface area contributed by atoms with E-state index in [1.54, 1.807) is 0 Å². The van der Waals surface area contributed by atoms with Crippen LogP contribution < -0.4 is 10.2 Å². The van der Waals surface area contributed by atoms with Gasteiger partial charge in [-0.15, -0.1) is 4.68 Å². The monoisotopic (exact) mass is 317 g/mol. The lowest BCUT2D eigenvalue weighted by atomic mass is 9.99. The van der Waals surface area contributed by atoms with Gasteiger partial charge in [-0.2, -0.15) is 4.59 Å². The van der Waals surface area contributed by atoms with Crippen molar-refractivity contribution in [3.8, 4) is 11.3 Å². The van der Waals surface area contributed by atoms with Crippen LogP contribution in [-0.2, 0) is 4.74 Å². The lowest BCUT2D eigenvalue weighted by Crippen LogP contribution is -2.66. The minimum atomic E-state index is 0.142. The summed E-state index contributed by atoms with van der Waals surface area (Å²) in [4.78, 5) is 13.4. The number of pyridine rings is 1. The Kier molecular flexibility index (Phi) is 2.24. The largest absolute Gasteiger partial charge is 0.370 e. The van der Waals surface area contributed by atoms with Crippen molar-refractivity contribution in [2.45, 2.75) is 6.04 Å². The number of morpholine rings is 1. The molecule has 1 atom stereocenters. The molecule has 4 bridgehead atoms. The maximum atomic E-state index is 13.4. The predicted octanol–water partition coefficient (Wildman–Crippen LogP) is 2.55. The Morgan fingerprint density at radius 2 is 1.67 bits per heavy atom. The van der Waals surface area contributed by atoms with Crippen LogP contribution in [0.2, 0.25) is 0 Å². The molecule has 1 unspecified atom stereocenters. The number of hydrogen-bond donors (Lipinski definition) is 0. The molecule has 0 N–H and O–H groups in total. The second-order valence-corrected chi connectivity index (χ2v) is 6.96. The number of benzene rings is 2. The van der Waals surface area contributed by atoms with E-state index in [2.05, 4.69) is 35.0 Å². The summed E-state index contributed by atoms with van der Waals surface area (Å²) in [7, 11) is 0. The first kappa shape index (κ1) is 12.9. The molecule has 2 aromatic carbocycles. The SMILES string of the molecule is O=c1c2ccccc2c2c3n1[N+]1(CCOCC1)C2c1ccccc1-3. The van der Waals surface area contributed by atoms with E-state index in [1.807, 2.05) is 18.2 Å². The first-order valence-corrected chi connectivity index (χ1v) is 8.55. The normalized spacial score (nSPS) is 22.2. The van der Waals surface area contributed by atoms with Gasteiger partial charge in [0.2, 0.25) is 0 Å². The standard InChI is InChI=1S/C20H17N2O2/c23-20-16-8-4-1-5-13(16)17-18-14-6-2-3-7-15(14)19(17)22(21(18)20)9-11-24-12-10-22/h1-8,19H,9-12H2/q+1. The van der Waals surface area contributed by atoms with Crippen molar-refractivity contribution < 1.29 is 4.74 Å². The Balaban J connectivity index is 1.83. The van der Waals surface area contributed by atoms with Gasteiger partial charge < -0.3 is 4.74 Å². The van der Waals surface area contributed by atoms with Gasteiger partial charge in [0.25, 0.3) is 0 Å². The van der Waals surface area contributed by atoms with Crippen LogP contribution in [0.1, 0.15) is 17.2 Å². The van der Waals surface area contributed by atoms with Gasteiger partial charge >= 0.3 is 5.56 Å². The van der Waals surface area contributed by atoms with Crippen molar-refractivity contribution in [2.24, 2.45) is 0 Å². The molecule has 4 heteroatoms. The number of aromatic nitrogens is 1. The number of fused-ring (bicyclic) bond motifs is 5. The zero-order valence-corrected chi connectivity index (χ0v) is 13.2. The average molecular weight is 317 g/mol. The summed E-state index contributed by atoms with van der Waals surface area (Å²) in [6.45, 7) is 3.12. The van der Waals surface area contributed by atoms with Crippen molar-refractivity contribution in [1.29, 1.82) is 0 Å². The second kappa shape index (κ2) is 4.15. The molecule has 1 spiro atoms. The topological polar surface area (TPSA) is 31.2 Å². The number of rotatable bonds is 0. The van der Waals surface area contributed by atoms with Crippen molar-refractivity contribution in [1.82, 2.24) is 9.27 Å². The molecule has 1 saturated heterocycles. The fourth-order valence-electron chi connectivity index (χ4n) is 5.12. The lowest BCUT2D eigenvalue weighted by molar-refractivity contribution is -0.0282. The summed E-state index contributed by atoms with van der Waals surface area (Å²) < 4.78 is 8.41. The van der Waals surface area contributed by atoms with Crippen LogP contribution in [0.3, 0.4) is 0 Å². The van der Waals surface area contributed by atoms with Crippen molar-refractivity contribution in [3.63, 3.8) is 0 Å². The first-order chi connectivity index (χ1) is 11.8. The van der Waals surface area contributed by atoms with E-state index >= 15 is 0 Å². The van der Waals surface area contributed by atoms with E-state index in [-0.39, 0.29) is 11.6 Å². The third kappa shape index (κ3) is 1.25. The van der Waals surface area contributed by atoms with Crippen LogP contribution >= 0.6 is 0 Å². The van der Waals surface area contributed by atoms with E-state index in [4.69, 9.17) is 4.74 Å². The summed E-state index contributed by atoms with van der Waals surface area (Å²) in [6, 6.07) is 16.9. The fraction of sp³-hybridized carbons (Fsp3) is 0.250.